The fourth-order valence-corrected chi connectivity index (χ4v) is 3.16. The van der Waals surface area contributed by atoms with Crippen LogP contribution in [0.15, 0.2) is 36.5 Å². The van der Waals surface area contributed by atoms with Crippen LogP contribution in [0.2, 0.25) is 0 Å². The standard InChI is InChI=1S/C22H26N4O2/c1-15-5-6-18(9-16(15)2)12-26(4)21(28)8-7-17-10-19-13-25(3)14-20(27)24-22(19)23-11-17/h5-11H,12-14H2,1-4H3,(H,23,24,27)/b8-7+. The maximum Gasteiger partial charge on any atom is 0.246 e. The van der Waals surface area contributed by atoms with Crippen molar-refractivity contribution >= 4 is 23.7 Å². The zero-order valence-electron chi connectivity index (χ0n) is 16.8. The highest BCUT2D eigenvalue weighted by Crippen LogP contribution is 2.19. The van der Waals surface area contributed by atoms with Crippen LogP contribution in [0.25, 0.3) is 6.08 Å². The summed E-state index contributed by atoms with van der Waals surface area (Å²) in [6.07, 6.45) is 4.99. The number of hydrogen-bond donors (Lipinski definition) is 1. The highest BCUT2D eigenvalue weighted by molar-refractivity contribution is 5.93. The average molecular weight is 378 g/mol. The molecule has 2 aromatic rings. The molecule has 2 heterocycles. The first-order chi connectivity index (χ1) is 13.3. The summed E-state index contributed by atoms with van der Waals surface area (Å²) < 4.78 is 0. The van der Waals surface area contributed by atoms with E-state index in [1.165, 1.54) is 11.1 Å². The van der Waals surface area contributed by atoms with Gasteiger partial charge in [-0.15, -0.1) is 0 Å². The van der Waals surface area contributed by atoms with Crippen molar-refractivity contribution in [2.45, 2.75) is 26.9 Å². The molecule has 1 aliphatic heterocycles. The Morgan fingerprint density at radius 3 is 2.79 bits per heavy atom. The lowest BCUT2D eigenvalue weighted by Crippen LogP contribution is -2.26. The molecule has 0 saturated carbocycles. The summed E-state index contributed by atoms with van der Waals surface area (Å²) in [5, 5.41) is 2.81. The number of hydrogen-bond acceptors (Lipinski definition) is 4. The van der Waals surface area contributed by atoms with Gasteiger partial charge >= 0.3 is 0 Å². The monoisotopic (exact) mass is 378 g/mol. The first kappa shape index (κ1) is 19.8. The Balaban J connectivity index is 1.68. The Kier molecular flexibility index (Phi) is 5.90. The van der Waals surface area contributed by atoms with Gasteiger partial charge in [0.1, 0.15) is 5.82 Å². The van der Waals surface area contributed by atoms with Crippen molar-refractivity contribution < 1.29 is 9.59 Å². The molecule has 1 N–H and O–H groups in total. The lowest BCUT2D eigenvalue weighted by Gasteiger charge is -2.16. The highest BCUT2D eigenvalue weighted by Gasteiger charge is 2.17. The number of aromatic nitrogens is 1. The minimum absolute atomic E-state index is 0.0693. The molecule has 0 fully saturated rings. The molecule has 0 radical (unpaired) electrons. The van der Waals surface area contributed by atoms with E-state index in [0.717, 1.165) is 16.7 Å². The van der Waals surface area contributed by atoms with Gasteiger partial charge in [-0.05, 0) is 55.3 Å². The maximum atomic E-state index is 12.5. The van der Waals surface area contributed by atoms with E-state index >= 15 is 0 Å². The van der Waals surface area contributed by atoms with Gasteiger partial charge in [-0.1, -0.05) is 18.2 Å². The first-order valence-corrected chi connectivity index (χ1v) is 9.28. The van der Waals surface area contributed by atoms with Gasteiger partial charge < -0.3 is 10.2 Å². The molecule has 0 unspecified atom stereocenters. The number of nitrogens with one attached hydrogen (secondary N) is 1. The van der Waals surface area contributed by atoms with E-state index in [9.17, 15) is 9.59 Å². The molecule has 2 amide bonds. The van der Waals surface area contributed by atoms with Crippen LogP contribution in [-0.4, -0.2) is 47.2 Å². The number of rotatable bonds is 4. The van der Waals surface area contributed by atoms with Crippen LogP contribution in [0, 0.1) is 13.8 Å². The van der Waals surface area contributed by atoms with Crippen molar-refractivity contribution in [1.82, 2.24) is 14.8 Å². The van der Waals surface area contributed by atoms with Crippen molar-refractivity contribution in [2.75, 3.05) is 26.0 Å². The summed E-state index contributed by atoms with van der Waals surface area (Å²) in [5.41, 5.74) is 5.35. The van der Waals surface area contributed by atoms with Crippen LogP contribution < -0.4 is 5.32 Å². The Labute approximate surface area is 165 Å². The molecule has 0 bridgehead atoms. The normalized spacial score (nSPS) is 14.5. The molecule has 0 atom stereocenters. The van der Waals surface area contributed by atoms with Gasteiger partial charge in [0.15, 0.2) is 0 Å². The second-order valence-electron chi connectivity index (χ2n) is 7.44. The minimum Gasteiger partial charge on any atom is -0.338 e. The van der Waals surface area contributed by atoms with Crippen molar-refractivity contribution in [3.8, 4) is 0 Å². The third-order valence-corrected chi connectivity index (χ3v) is 4.89. The molecule has 3 rings (SSSR count). The molecular weight excluding hydrogens is 352 g/mol. The third-order valence-electron chi connectivity index (χ3n) is 4.89. The maximum absolute atomic E-state index is 12.5. The highest BCUT2D eigenvalue weighted by atomic mass is 16.2. The number of anilines is 1. The van der Waals surface area contributed by atoms with Crippen molar-refractivity contribution in [3.05, 3.63) is 64.4 Å². The molecule has 146 valence electrons. The van der Waals surface area contributed by atoms with Crippen LogP contribution >= 0.6 is 0 Å². The summed E-state index contributed by atoms with van der Waals surface area (Å²) in [4.78, 5) is 32.2. The number of pyridine rings is 1. The van der Waals surface area contributed by atoms with E-state index in [4.69, 9.17) is 0 Å². The second kappa shape index (κ2) is 8.35. The van der Waals surface area contributed by atoms with Crippen LogP contribution in [0.3, 0.4) is 0 Å². The number of nitrogens with zero attached hydrogens (tertiary/aromatic N) is 3. The van der Waals surface area contributed by atoms with Crippen LogP contribution in [0.1, 0.15) is 27.8 Å². The molecule has 6 heteroatoms. The largest absolute Gasteiger partial charge is 0.338 e. The number of benzene rings is 1. The summed E-state index contributed by atoms with van der Waals surface area (Å²) >= 11 is 0. The van der Waals surface area contributed by atoms with Crippen LogP contribution in [0.4, 0.5) is 5.82 Å². The fourth-order valence-electron chi connectivity index (χ4n) is 3.16. The number of fused-ring (bicyclic) bond motifs is 1. The summed E-state index contributed by atoms with van der Waals surface area (Å²) in [6, 6.07) is 8.20. The number of carbonyl (C=O) groups is 2. The SMILES string of the molecule is Cc1ccc(CN(C)C(=O)/C=C/c2cnc3c(c2)CN(C)CC(=O)N3)cc1C. The van der Waals surface area contributed by atoms with Crippen LogP contribution in [0.5, 0.6) is 0 Å². The lowest BCUT2D eigenvalue weighted by atomic mass is 10.1. The van der Waals surface area contributed by atoms with Gasteiger partial charge in [-0.3, -0.25) is 14.5 Å². The topological polar surface area (TPSA) is 65.5 Å². The number of aryl methyl sites for hydroxylation is 2. The van der Waals surface area contributed by atoms with E-state index < -0.39 is 0 Å². The van der Waals surface area contributed by atoms with Gasteiger partial charge in [-0.2, -0.15) is 0 Å². The Morgan fingerprint density at radius 2 is 2.04 bits per heavy atom. The molecule has 0 spiro atoms. The van der Waals surface area contributed by atoms with Gasteiger partial charge in [-0.25, -0.2) is 4.98 Å². The smallest absolute Gasteiger partial charge is 0.246 e. The van der Waals surface area contributed by atoms with Gasteiger partial charge in [0.05, 0.1) is 6.54 Å². The van der Waals surface area contributed by atoms with Gasteiger partial charge in [0, 0.05) is 38.0 Å². The second-order valence-corrected chi connectivity index (χ2v) is 7.44. The minimum atomic E-state index is -0.0707. The molecule has 1 aromatic heterocycles. The fraction of sp³-hybridized carbons (Fsp3) is 0.318. The Bertz CT molecular complexity index is 936. The van der Waals surface area contributed by atoms with E-state index in [1.54, 1.807) is 30.3 Å². The molecule has 0 saturated heterocycles. The number of likely N-dealkylation sites (N-methyl/N-ethyl adjacent to an activating group) is 2. The number of carbonyl (C=O) groups excluding carboxylic acids is 2. The number of amides is 2. The Hall–Kier alpha value is -2.99. The molecule has 28 heavy (non-hydrogen) atoms. The molecular formula is C22H26N4O2. The third kappa shape index (κ3) is 4.84. The quantitative estimate of drug-likeness (QED) is 0.831. The van der Waals surface area contributed by atoms with E-state index in [2.05, 4.69) is 42.3 Å². The lowest BCUT2D eigenvalue weighted by molar-refractivity contribution is -0.125. The van der Waals surface area contributed by atoms with E-state index in [-0.39, 0.29) is 11.8 Å². The van der Waals surface area contributed by atoms with Gasteiger partial charge in [0.25, 0.3) is 0 Å². The predicted octanol–water partition coefficient (Wildman–Crippen LogP) is 2.75. The zero-order valence-corrected chi connectivity index (χ0v) is 16.8. The average Bonchev–Trinajstić information content (AvgIpc) is 2.78. The predicted molar refractivity (Wildman–Crippen MR) is 111 cm³/mol. The zero-order chi connectivity index (χ0) is 20.3. The van der Waals surface area contributed by atoms with E-state index in [0.29, 0.717) is 25.5 Å². The van der Waals surface area contributed by atoms with Crippen molar-refractivity contribution in [2.24, 2.45) is 0 Å². The molecule has 6 nitrogen and oxygen atoms in total. The summed E-state index contributed by atoms with van der Waals surface area (Å²) in [5.74, 6) is 0.448. The molecule has 1 aliphatic rings. The molecule has 0 aliphatic carbocycles. The molecule has 1 aromatic carbocycles. The van der Waals surface area contributed by atoms with Crippen molar-refractivity contribution in [3.63, 3.8) is 0 Å². The Morgan fingerprint density at radius 1 is 1.25 bits per heavy atom. The first-order valence-electron chi connectivity index (χ1n) is 9.28. The summed E-state index contributed by atoms with van der Waals surface area (Å²) in [7, 11) is 3.68. The summed E-state index contributed by atoms with van der Waals surface area (Å²) in [6.45, 7) is 5.68. The van der Waals surface area contributed by atoms with Crippen molar-refractivity contribution in [1.29, 1.82) is 0 Å². The van der Waals surface area contributed by atoms with Gasteiger partial charge in [0.2, 0.25) is 11.8 Å². The van der Waals surface area contributed by atoms with Crippen LogP contribution in [-0.2, 0) is 22.7 Å². The van der Waals surface area contributed by atoms with E-state index in [1.807, 2.05) is 18.0 Å².